The molecular weight excluding hydrogens is 286 g/mol. The summed E-state index contributed by atoms with van der Waals surface area (Å²) in [7, 11) is 0. The van der Waals surface area contributed by atoms with E-state index in [9.17, 15) is 15.2 Å². The van der Waals surface area contributed by atoms with Crippen molar-refractivity contribution in [3.8, 4) is 6.07 Å². The van der Waals surface area contributed by atoms with Crippen molar-refractivity contribution in [2.75, 3.05) is 18.1 Å². The second kappa shape index (κ2) is 5.80. The topological polar surface area (TPSA) is 68.7 Å². The second-order valence-electron chi connectivity index (χ2n) is 5.03. The lowest BCUT2D eigenvalue weighted by atomic mass is 10.1. The molecule has 1 aliphatic rings. The lowest BCUT2D eigenvalue weighted by molar-refractivity contribution is -0.142. The van der Waals surface area contributed by atoms with Gasteiger partial charge in [0, 0.05) is 42.6 Å². The second-order valence-corrected chi connectivity index (χ2v) is 6.18. The van der Waals surface area contributed by atoms with E-state index in [-0.39, 0.29) is 0 Å². The summed E-state index contributed by atoms with van der Waals surface area (Å²) in [5.41, 5.74) is 2.40. The molecule has 0 aliphatic carbocycles. The Morgan fingerprint density at radius 3 is 3.14 bits per heavy atom. The maximum Gasteiger partial charge on any atom is 0.321 e. The highest BCUT2D eigenvalue weighted by Gasteiger charge is 2.29. The highest BCUT2D eigenvalue weighted by atomic mass is 32.2. The van der Waals surface area contributed by atoms with Gasteiger partial charge in [-0.2, -0.15) is 17.0 Å². The van der Waals surface area contributed by atoms with Gasteiger partial charge in [0.1, 0.15) is 12.1 Å². The third-order valence-electron chi connectivity index (χ3n) is 3.77. The third-order valence-corrected chi connectivity index (χ3v) is 4.79. The molecule has 0 radical (unpaired) electrons. The number of carbonyl (C=O) groups is 1. The van der Waals surface area contributed by atoms with Gasteiger partial charge in [0.15, 0.2) is 0 Å². The van der Waals surface area contributed by atoms with Crippen molar-refractivity contribution in [1.82, 2.24) is 9.30 Å². The molecule has 0 saturated carbocycles. The van der Waals surface area contributed by atoms with Gasteiger partial charge < -0.3 is 9.51 Å². The fraction of sp³-hybridized carbons (Fsp3) is 0.333. The Bertz CT molecular complexity index is 719. The first kappa shape index (κ1) is 14.0. The quantitative estimate of drug-likeness (QED) is 0.936. The summed E-state index contributed by atoms with van der Waals surface area (Å²) in [6.07, 6.45) is 3.83. The van der Waals surface area contributed by atoms with Crippen molar-refractivity contribution in [2.45, 2.75) is 12.6 Å². The molecule has 108 valence electrons. The Labute approximate surface area is 126 Å². The number of aliphatic carboxylic acids is 1. The minimum absolute atomic E-state index is 0.474. The van der Waals surface area contributed by atoms with E-state index in [1.807, 2.05) is 39.9 Å². The van der Waals surface area contributed by atoms with E-state index < -0.39 is 12.0 Å². The number of fused-ring (bicyclic) bond motifs is 1. The molecule has 1 saturated heterocycles. The van der Waals surface area contributed by atoms with Crippen LogP contribution >= 0.6 is 11.8 Å². The highest BCUT2D eigenvalue weighted by Crippen LogP contribution is 2.23. The van der Waals surface area contributed by atoms with Crippen molar-refractivity contribution < 1.29 is 9.90 Å². The van der Waals surface area contributed by atoms with E-state index in [1.54, 1.807) is 11.8 Å². The van der Waals surface area contributed by atoms with Crippen LogP contribution in [-0.4, -0.2) is 44.5 Å². The molecule has 1 unspecified atom stereocenters. The Balaban J connectivity index is 1.94. The van der Waals surface area contributed by atoms with E-state index in [2.05, 4.69) is 6.07 Å². The third kappa shape index (κ3) is 2.62. The van der Waals surface area contributed by atoms with Crippen LogP contribution in [0.1, 0.15) is 11.1 Å². The fourth-order valence-electron chi connectivity index (χ4n) is 2.70. The molecule has 6 heteroatoms. The minimum atomic E-state index is -0.788. The summed E-state index contributed by atoms with van der Waals surface area (Å²) in [5, 5.41) is 18.7. The van der Waals surface area contributed by atoms with Gasteiger partial charge in [0.25, 0.3) is 0 Å². The van der Waals surface area contributed by atoms with Gasteiger partial charge in [-0.1, -0.05) is 6.07 Å². The number of hydrogen-bond donors (Lipinski definition) is 1. The molecule has 1 atom stereocenters. The van der Waals surface area contributed by atoms with E-state index in [4.69, 9.17) is 0 Å². The molecule has 0 spiro atoms. The number of nitriles is 1. The van der Waals surface area contributed by atoms with Crippen molar-refractivity contribution in [3.05, 3.63) is 41.7 Å². The average molecular weight is 301 g/mol. The molecule has 5 nitrogen and oxygen atoms in total. The number of hydrogen-bond acceptors (Lipinski definition) is 4. The normalized spacial score (nSPS) is 19.5. The molecule has 0 aromatic carbocycles. The largest absolute Gasteiger partial charge is 0.480 e. The molecule has 1 N–H and O–H groups in total. The first-order chi connectivity index (χ1) is 10.2. The van der Waals surface area contributed by atoms with Crippen LogP contribution in [0.15, 0.2) is 30.6 Å². The summed E-state index contributed by atoms with van der Waals surface area (Å²) < 4.78 is 1.92. The van der Waals surface area contributed by atoms with Crippen molar-refractivity contribution in [1.29, 1.82) is 5.26 Å². The first-order valence-corrected chi connectivity index (χ1v) is 7.89. The van der Waals surface area contributed by atoms with Crippen molar-refractivity contribution >= 4 is 23.2 Å². The number of pyridine rings is 1. The van der Waals surface area contributed by atoms with E-state index >= 15 is 0 Å². The number of aromatic nitrogens is 1. The molecule has 3 rings (SSSR count). The van der Waals surface area contributed by atoms with E-state index in [0.717, 1.165) is 23.4 Å². The lowest BCUT2D eigenvalue weighted by Crippen LogP contribution is -2.46. The summed E-state index contributed by atoms with van der Waals surface area (Å²) in [4.78, 5) is 13.3. The minimum Gasteiger partial charge on any atom is -0.480 e. The lowest BCUT2D eigenvalue weighted by Gasteiger charge is -2.32. The van der Waals surface area contributed by atoms with Crippen molar-refractivity contribution in [2.24, 2.45) is 0 Å². The molecule has 1 aliphatic heterocycles. The van der Waals surface area contributed by atoms with Gasteiger partial charge in [0.05, 0.1) is 11.1 Å². The summed E-state index contributed by atoms with van der Waals surface area (Å²) in [5.74, 6) is 0.744. The van der Waals surface area contributed by atoms with Crippen LogP contribution in [0.5, 0.6) is 0 Å². The Morgan fingerprint density at radius 2 is 2.38 bits per heavy atom. The molecule has 0 bridgehead atoms. The van der Waals surface area contributed by atoms with E-state index in [1.165, 1.54) is 0 Å². The molecular formula is C15H15N3O2S. The Hall–Kier alpha value is -1.97. The fourth-order valence-corrected chi connectivity index (χ4v) is 3.81. The molecule has 2 aromatic rings. The molecule has 3 heterocycles. The van der Waals surface area contributed by atoms with Gasteiger partial charge in [-0.25, -0.2) is 0 Å². The SMILES string of the molecule is N#Cc1c(CN2CCSCC2C(=O)O)cn2ccccc12. The Kier molecular flexibility index (Phi) is 3.86. The number of carboxylic acids is 1. The average Bonchev–Trinajstić information content (AvgIpc) is 2.84. The zero-order valence-electron chi connectivity index (χ0n) is 11.4. The van der Waals surface area contributed by atoms with Crippen LogP contribution < -0.4 is 0 Å². The molecule has 0 amide bonds. The predicted molar refractivity (Wildman–Crippen MR) is 81.3 cm³/mol. The number of rotatable bonds is 3. The summed E-state index contributed by atoms with van der Waals surface area (Å²) in [6.45, 7) is 1.24. The highest BCUT2D eigenvalue weighted by molar-refractivity contribution is 7.99. The number of nitrogens with zero attached hydrogens (tertiary/aromatic N) is 3. The van der Waals surface area contributed by atoms with Crippen molar-refractivity contribution in [3.63, 3.8) is 0 Å². The van der Waals surface area contributed by atoms with Crippen LogP contribution in [0.3, 0.4) is 0 Å². The monoisotopic (exact) mass is 301 g/mol. The zero-order chi connectivity index (χ0) is 14.8. The summed E-state index contributed by atoms with van der Waals surface area (Å²) in [6, 6.07) is 7.50. The van der Waals surface area contributed by atoms with Crippen LogP contribution in [0.2, 0.25) is 0 Å². The van der Waals surface area contributed by atoms with Gasteiger partial charge >= 0.3 is 5.97 Å². The van der Waals surface area contributed by atoms with Crippen LogP contribution in [-0.2, 0) is 11.3 Å². The standard InChI is InChI=1S/C15H15N3O2S/c16-7-12-11(8-17-4-2-1-3-13(12)17)9-18-5-6-21-10-14(18)15(19)20/h1-4,8,14H,5-6,9-10H2,(H,19,20). The Morgan fingerprint density at radius 1 is 1.52 bits per heavy atom. The first-order valence-electron chi connectivity index (χ1n) is 6.74. The number of carboxylic acid groups (broad SMARTS) is 1. The number of thioether (sulfide) groups is 1. The molecule has 2 aromatic heterocycles. The maximum absolute atomic E-state index is 11.4. The smallest absolute Gasteiger partial charge is 0.321 e. The van der Waals surface area contributed by atoms with Crippen LogP contribution in [0.4, 0.5) is 0 Å². The molecule has 1 fully saturated rings. The molecule has 21 heavy (non-hydrogen) atoms. The predicted octanol–water partition coefficient (Wildman–Crippen LogP) is 1.81. The summed E-state index contributed by atoms with van der Waals surface area (Å²) >= 11 is 1.67. The van der Waals surface area contributed by atoms with Crippen LogP contribution in [0, 0.1) is 11.3 Å². The van der Waals surface area contributed by atoms with Gasteiger partial charge in [-0.15, -0.1) is 0 Å². The zero-order valence-corrected chi connectivity index (χ0v) is 12.2. The van der Waals surface area contributed by atoms with Gasteiger partial charge in [-0.3, -0.25) is 9.69 Å². The van der Waals surface area contributed by atoms with Crippen LogP contribution in [0.25, 0.3) is 5.52 Å². The van der Waals surface area contributed by atoms with Gasteiger partial charge in [-0.05, 0) is 12.1 Å². The maximum atomic E-state index is 11.4. The van der Waals surface area contributed by atoms with Gasteiger partial charge in [0.2, 0.25) is 0 Å². The van der Waals surface area contributed by atoms with E-state index in [0.29, 0.717) is 17.9 Å².